The number of aromatic amines is 1. The molecule has 0 radical (unpaired) electrons. The largest absolute Gasteiger partial charge is 0.368 e. The van der Waals surface area contributed by atoms with E-state index in [0.29, 0.717) is 0 Å². The molecule has 1 aromatic rings. The summed E-state index contributed by atoms with van der Waals surface area (Å²) in [7, 11) is 0. The highest BCUT2D eigenvalue weighted by Gasteiger charge is 1.67. The van der Waals surface area contributed by atoms with E-state index >= 15 is 0 Å². The maximum absolute atomic E-state index is 5.14. The summed E-state index contributed by atoms with van der Waals surface area (Å²) in [6, 6.07) is 3.89. The van der Waals surface area contributed by atoms with Gasteiger partial charge in [0.1, 0.15) is 0 Å². The molecule has 1 rings (SSSR count). The highest BCUT2D eigenvalue weighted by molar-refractivity contribution is 4.84. The molecule has 0 unspecified atom stereocenters. The quantitative estimate of drug-likeness (QED) is 0.645. The lowest BCUT2D eigenvalue weighted by Gasteiger charge is -1.80. The van der Waals surface area contributed by atoms with Crippen LogP contribution in [-0.2, 0) is 0 Å². The fourth-order valence-electron chi connectivity index (χ4n) is 0.482. The van der Waals surface area contributed by atoms with Gasteiger partial charge >= 0.3 is 0 Å². The molecule has 0 atom stereocenters. The summed E-state index contributed by atoms with van der Waals surface area (Å²) in [4.78, 5) is 2.86. The Morgan fingerprint density at radius 2 is 1.90 bits per heavy atom. The Kier molecular flexibility index (Phi) is 7.61. The third kappa shape index (κ3) is 7.24. The molecule has 0 saturated carbocycles. The molecule has 10 heavy (non-hydrogen) atoms. The van der Waals surface area contributed by atoms with E-state index in [-0.39, 0.29) is 0 Å². The van der Waals surface area contributed by atoms with Crippen LogP contribution in [0.5, 0.6) is 0 Å². The minimum Gasteiger partial charge on any atom is -0.368 e. The molecule has 0 amide bonds. The second-order valence-corrected chi connectivity index (χ2v) is 2.03. The van der Waals surface area contributed by atoms with Crippen molar-refractivity contribution in [1.29, 1.82) is 0 Å². The first-order valence-corrected chi connectivity index (χ1v) is 3.69. The molecule has 1 heterocycles. The Hall–Kier alpha value is -0.760. The van der Waals surface area contributed by atoms with E-state index < -0.39 is 0 Å². The minimum atomic E-state index is 0.844. The summed E-state index contributed by atoms with van der Waals surface area (Å²) in [5.41, 5.74) is 5.14. The number of rotatable bonds is 2. The molecule has 0 saturated heterocycles. The Morgan fingerprint density at radius 1 is 1.30 bits per heavy atom. The van der Waals surface area contributed by atoms with Crippen LogP contribution in [-0.4, -0.2) is 11.5 Å². The Morgan fingerprint density at radius 3 is 2.00 bits per heavy atom. The summed E-state index contributed by atoms with van der Waals surface area (Å²) in [5.74, 6) is 0. The SMILES string of the molecule is CCCCN.c1cc[nH]c1. The van der Waals surface area contributed by atoms with Gasteiger partial charge in [-0.05, 0) is 25.1 Å². The van der Waals surface area contributed by atoms with Crippen molar-refractivity contribution in [1.82, 2.24) is 4.98 Å². The van der Waals surface area contributed by atoms with Gasteiger partial charge in [0.05, 0.1) is 0 Å². The molecule has 0 bridgehead atoms. The summed E-state index contributed by atoms with van der Waals surface area (Å²) in [6.07, 6.45) is 6.14. The van der Waals surface area contributed by atoms with Crippen LogP contribution in [0.1, 0.15) is 19.8 Å². The molecule has 3 N–H and O–H groups in total. The predicted octanol–water partition coefficient (Wildman–Crippen LogP) is 1.76. The first-order valence-electron chi connectivity index (χ1n) is 3.69. The van der Waals surface area contributed by atoms with Crippen LogP contribution in [0.3, 0.4) is 0 Å². The van der Waals surface area contributed by atoms with Gasteiger partial charge in [0.25, 0.3) is 0 Å². The first-order chi connectivity index (χ1) is 4.91. The summed E-state index contributed by atoms with van der Waals surface area (Å²) in [5, 5.41) is 0. The molecule has 0 aliphatic carbocycles. The number of H-pyrrole nitrogens is 1. The van der Waals surface area contributed by atoms with Gasteiger partial charge in [-0.25, -0.2) is 0 Å². The lowest BCUT2D eigenvalue weighted by Crippen LogP contribution is -1.95. The molecular weight excluding hydrogens is 124 g/mol. The highest BCUT2D eigenvalue weighted by atomic mass is 14.6. The summed E-state index contributed by atoms with van der Waals surface area (Å²) in [6.45, 7) is 2.98. The fourth-order valence-corrected chi connectivity index (χ4v) is 0.482. The third-order valence-corrected chi connectivity index (χ3v) is 1.05. The number of unbranched alkanes of at least 4 members (excludes halogenated alkanes) is 1. The van der Waals surface area contributed by atoms with Crippen LogP contribution < -0.4 is 5.73 Å². The zero-order valence-corrected chi connectivity index (χ0v) is 6.51. The third-order valence-electron chi connectivity index (χ3n) is 1.05. The molecule has 2 nitrogen and oxygen atoms in total. The van der Waals surface area contributed by atoms with E-state index in [1.54, 1.807) is 0 Å². The van der Waals surface area contributed by atoms with E-state index in [9.17, 15) is 0 Å². The summed E-state index contributed by atoms with van der Waals surface area (Å²) >= 11 is 0. The van der Waals surface area contributed by atoms with Crippen molar-refractivity contribution in [3.05, 3.63) is 24.5 Å². The van der Waals surface area contributed by atoms with Crippen molar-refractivity contribution < 1.29 is 0 Å². The lowest BCUT2D eigenvalue weighted by molar-refractivity contribution is 0.807. The van der Waals surface area contributed by atoms with Crippen molar-refractivity contribution in [2.24, 2.45) is 5.73 Å². The van der Waals surface area contributed by atoms with Crippen LogP contribution in [0.25, 0.3) is 0 Å². The van der Waals surface area contributed by atoms with Crippen molar-refractivity contribution in [3.63, 3.8) is 0 Å². The first kappa shape index (κ1) is 9.24. The lowest BCUT2D eigenvalue weighted by atomic mass is 10.3. The Bertz CT molecular complexity index is 93.6. The zero-order valence-electron chi connectivity index (χ0n) is 6.51. The Balaban J connectivity index is 0.000000162. The molecule has 0 spiro atoms. The van der Waals surface area contributed by atoms with E-state index in [4.69, 9.17) is 5.73 Å². The van der Waals surface area contributed by atoms with E-state index in [1.165, 1.54) is 12.8 Å². The zero-order chi connectivity index (χ0) is 7.66. The average Bonchev–Trinajstić information content (AvgIpc) is 2.44. The number of hydrogen-bond donors (Lipinski definition) is 2. The molecular formula is C8H16N2. The molecule has 58 valence electrons. The molecule has 0 aromatic carbocycles. The van der Waals surface area contributed by atoms with Crippen molar-refractivity contribution in [2.75, 3.05) is 6.54 Å². The van der Waals surface area contributed by atoms with E-state index in [1.807, 2.05) is 24.5 Å². The van der Waals surface area contributed by atoms with Gasteiger partial charge in [-0.15, -0.1) is 0 Å². The predicted molar refractivity (Wildman–Crippen MR) is 44.8 cm³/mol. The van der Waals surface area contributed by atoms with Gasteiger partial charge in [-0.2, -0.15) is 0 Å². The van der Waals surface area contributed by atoms with E-state index in [2.05, 4.69) is 11.9 Å². The number of nitrogens with one attached hydrogen (secondary N) is 1. The number of hydrogen-bond acceptors (Lipinski definition) is 1. The van der Waals surface area contributed by atoms with Gasteiger partial charge in [0, 0.05) is 12.4 Å². The summed E-state index contributed by atoms with van der Waals surface area (Å²) < 4.78 is 0. The van der Waals surface area contributed by atoms with Gasteiger partial charge in [-0.3, -0.25) is 0 Å². The second-order valence-electron chi connectivity index (χ2n) is 2.03. The van der Waals surface area contributed by atoms with Crippen LogP contribution in [0, 0.1) is 0 Å². The van der Waals surface area contributed by atoms with E-state index in [0.717, 1.165) is 6.54 Å². The smallest absolute Gasteiger partial charge is 0.000496 e. The maximum atomic E-state index is 5.14. The van der Waals surface area contributed by atoms with Gasteiger partial charge < -0.3 is 10.7 Å². The van der Waals surface area contributed by atoms with Gasteiger partial charge in [-0.1, -0.05) is 13.3 Å². The van der Waals surface area contributed by atoms with Crippen molar-refractivity contribution >= 4 is 0 Å². The fraction of sp³-hybridized carbons (Fsp3) is 0.500. The van der Waals surface area contributed by atoms with Gasteiger partial charge in [0.15, 0.2) is 0 Å². The number of nitrogens with two attached hydrogens (primary N) is 1. The normalized spacial score (nSPS) is 8.20. The standard InChI is InChI=1S/C4H5N.C4H11N/c1-2-4-5-3-1;1-2-3-4-5/h1-5H;2-5H2,1H3. The van der Waals surface area contributed by atoms with Crippen molar-refractivity contribution in [2.45, 2.75) is 19.8 Å². The van der Waals surface area contributed by atoms with Crippen LogP contribution in [0.2, 0.25) is 0 Å². The second kappa shape index (κ2) is 8.24. The monoisotopic (exact) mass is 140 g/mol. The average molecular weight is 140 g/mol. The molecule has 0 aliphatic heterocycles. The van der Waals surface area contributed by atoms with Crippen molar-refractivity contribution in [3.8, 4) is 0 Å². The molecule has 0 aliphatic rings. The van der Waals surface area contributed by atoms with Crippen LogP contribution >= 0.6 is 0 Å². The highest BCUT2D eigenvalue weighted by Crippen LogP contribution is 1.77. The Labute approximate surface area is 62.4 Å². The maximum Gasteiger partial charge on any atom is 0.000496 e. The van der Waals surface area contributed by atoms with Gasteiger partial charge in [0.2, 0.25) is 0 Å². The minimum absolute atomic E-state index is 0.844. The van der Waals surface area contributed by atoms with Crippen LogP contribution in [0.4, 0.5) is 0 Å². The molecule has 1 aromatic heterocycles. The molecule has 0 fully saturated rings. The number of aromatic nitrogens is 1. The van der Waals surface area contributed by atoms with Crippen LogP contribution in [0.15, 0.2) is 24.5 Å². The molecule has 2 heteroatoms. The topological polar surface area (TPSA) is 41.8 Å².